The molecule has 22 heavy (non-hydrogen) atoms. The molecule has 1 atom stereocenters. The fourth-order valence-corrected chi connectivity index (χ4v) is 3.78. The van der Waals surface area contributed by atoms with Crippen LogP contribution in [0.2, 0.25) is 0 Å². The van der Waals surface area contributed by atoms with Gasteiger partial charge in [0, 0.05) is 31.2 Å². The first kappa shape index (κ1) is 15.1. The van der Waals surface area contributed by atoms with E-state index in [1.807, 2.05) is 6.07 Å². The van der Waals surface area contributed by atoms with E-state index in [0.29, 0.717) is 24.8 Å². The summed E-state index contributed by atoms with van der Waals surface area (Å²) < 4.78 is 24.9. The highest BCUT2D eigenvalue weighted by atomic mass is 32.2. The van der Waals surface area contributed by atoms with E-state index in [-0.39, 0.29) is 0 Å². The summed E-state index contributed by atoms with van der Waals surface area (Å²) in [5, 5.41) is 0. The third-order valence-corrected chi connectivity index (χ3v) is 5.18. The number of aromatic nitrogens is 4. The Kier molecular flexibility index (Phi) is 4.21. The van der Waals surface area contributed by atoms with Crippen molar-refractivity contribution < 1.29 is 8.42 Å². The molecule has 0 aliphatic carbocycles. The predicted molar refractivity (Wildman–Crippen MR) is 82.5 cm³/mol. The molecular formula is C14H19N5O2S. The lowest BCUT2D eigenvalue weighted by atomic mass is 9.94. The molecule has 0 saturated carbocycles. The SMILES string of the molecule is CS(=O)(=O)N1CCC[C@@H](Cc2cc(-c3ncc[nH]3)ncn2)C1. The number of hydrogen-bond acceptors (Lipinski definition) is 5. The highest BCUT2D eigenvalue weighted by Crippen LogP contribution is 2.22. The molecule has 0 unspecified atom stereocenters. The van der Waals surface area contributed by atoms with E-state index >= 15 is 0 Å². The molecule has 8 heteroatoms. The Morgan fingerprint density at radius 2 is 2.23 bits per heavy atom. The first-order chi connectivity index (χ1) is 10.5. The van der Waals surface area contributed by atoms with Gasteiger partial charge in [0.1, 0.15) is 12.0 Å². The molecule has 1 aliphatic rings. The lowest BCUT2D eigenvalue weighted by Crippen LogP contribution is -2.39. The Hall–Kier alpha value is -1.80. The Morgan fingerprint density at radius 1 is 1.36 bits per heavy atom. The highest BCUT2D eigenvalue weighted by Gasteiger charge is 2.26. The summed E-state index contributed by atoms with van der Waals surface area (Å²) in [5.74, 6) is 1.01. The van der Waals surface area contributed by atoms with Crippen LogP contribution in [0.25, 0.3) is 11.5 Å². The second-order valence-corrected chi connectivity index (χ2v) is 7.65. The average molecular weight is 321 g/mol. The van der Waals surface area contributed by atoms with E-state index < -0.39 is 10.0 Å². The van der Waals surface area contributed by atoms with Gasteiger partial charge in [-0.1, -0.05) is 0 Å². The molecule has 2 aromatic heterocycles. The zero-order valence-electron chi connectivity index (χ0n) is 12.4. The third-order valence-electron chi connectivity index (χ3n) is 3.91. The van der Waals surface area contributed by atoms with Gasteiger partial charge in [-0.25, -0.2) is 27.7 Å². The second kappa shape index (κ2) is 6.13. The average Bonchev–Trinajstić information content (AvgIpc) is 3.01. The van der Waals surface area contributed by atoms with Crippen molar-refractivity contribution in [1.29, 1.82) is 0 Å². The zero-order chi connectivity index (χ0) is 15.6. The number of piperidine rings is 1. The Morgan fingerprint density at radius 3 is 2.95 bits per heavy atom. The number of nitrogens with zero attached hydrogens (tertiary/aromatic N) is 4. The van der Waals surface area contributed by atoms with E-state index in [1.165, 1.54) is 12.6 Å². The molecule has 0 radical (unpaired) electrons. The molecule has 118 valence electrons. The molecule has 3 rings (SSSR count). The molecular weight excluding hydrogens is 302 g/mol. The van der Waals surface area contributed by atoms with Gasteiger partial charge in [0.25, 0.3) is 0 Å². The van der Waals surface area contributed by atoms with Crippen molar-refractivity contribution in [2.45, 2.75) is 19.3 Å². The summed E-state index contributed by atoms with van der Waals surface area (Å²) in [6.45, 7) is 1.19. The van der Waals surface area contributed by atoms with Crippen molar-refractivity contribution in [3.05, 3.63) is 30.5 Å². The van der Waals surface area contributed by atoms with Crippen LogP contribution >= 0.6 is 0 Å². The van der Waals surface area contributed by atoms with Gasteiger partial charge >= 0.3 is 0 Å². The van der Waals surface area contributed by atoms with E-state index in [9.17, 15) is 8.42 Å². The lowest BCUT2D eigenvalue weighted by Gasteiger charge is -2.30. The van der Waals surface area contributed by atoms with Crippen molar-refractivity contribution in [2.24, 2.45) is 5.92 Å². The largest absolute Gasteiger partial charge is 0.343 e. The number of nitrogens with one attached hydrogen (secondary N) is 1. The van der Waals surface area contributed by atoms with Crippen LogP contribution in [0, 0.1) is 5.92 Å². The molecule has 1 aliphatic heterocycles. The van der Waals surface area contributed by atoms with Crippen molar-refractivity contribution in [1.82, 2.24) is 24.2 Å². The van der Waals surface area contributed by atoms with Gasteiger partial charge < -0.3 is 4.98 Å². The minimum Gasteiger partial charge on any atom is -0.343 e. The van der Waals surface area contributed by atoms with Crippen molar-refractivity contribution in [3.63, 3.8) is 0 Å². The van der Waals surface area contributed by atoms with Gasteiger partial charge in [-0.05, 0) is 31.2 Å². The summed E-state index contributed by atoms with van der Waals surface area (Å²) in [6.07, 6.45) is 8.91. The first-order valence-electron chi connectivity index (χ1n) is 7.28. The minimum atomic E-state index is -3.11. The summed E-state index contributed by atoms with van der Waals surface area (Å²) in [4.78, 5) is 15.7. The quantitative estimate of drug-likeness (QED) is 0.910. The monoisotopic (exact) mass is 321 g/mol. The molecule has 7 nitrogen and oxygen atoms in total. The Bertz CT molecular complexity index is 729. The van der Waals surface area contributed by atoms with E-state index in [1.54, 1.807) is 16.7 Å². The van der Waals surface area contributed by atoms with Gasteiger partial charge in [-0.2, -0.15) is 0 Å². The molecule has 1 saturated heterocycles. The summed E-state index contributed by atoms with van der Waals surface area (Å²) >= 11 is 0. The minimum absolute atomic E-state index is 0.294. The molecule has 2 aromatic rings. The molecule has 1 fully saturated rings. The second-order valence-electron chi connectivity index (χ2n) is 5.67. The maximum atomic E-state index is 11.7. The van der Waals surface area contributed by atoms with Crippen molar-refractivity contribution >= 4 is 10.0 Å². The molecule has 0 bridgehead atoms. The van der Waals surface area contributed by atoms with Gasteiger partial charge in [0.05, 0.1) is 6.26 Å². The van der Waals surface area contributed by atoms with Crippen LogP contribution in [0.15, 0.2) is 24.8 Å². The van der Waals surface area contributed by atoms with Crippen LogP contribution < -0.4 is 0 Å². The Labute approximate surface area is 129 Å². The van der Waals surface area contributed by atoms with Crippen molar-refractivity contribution in [3.8, 4) is 11.5 Å². The van der Waals surface area contributed by atoms with Crippen LogP contribution in [0.5, 0.6) is 0 Å². The van der Waals surface area contributed by atoms with Crippen LogP contribution in [0.3, 0.4) is 0 Å². The van der Waals surface area contributed by atoms with Crippen LogP contribution in [0.1, 0.15) is 18.5 Å². The summed E-state index contributed by atoms with van der Waals surface area (Å²) in [7, 11) is -3.11. The summed E-state index contributed by atoms with van der Waals surface area (Å²) in [5.41, 5.74) is 1.67. The van der Waals surface area contributed by atoms with Crippen LogP contribution in [0.4, 0.5) is 0 Å². The van der Waals surface area contributed by atoms with E-state index in [4.69, 9.17) is 0 Å². The molecule has 0 spiro atoms. The summed E-state index contributed by atoms with van der Waals surface area (Å²) in [6, 6.07) is 1.91. The zero-order valence-corrected chi connectivity index (χ0v) is 13.3. The fraction of sp³-hybridized carbons (Fsp3) is 0.500. The van der Waals surface area contributed by atoms with Gasteiger partial charge in [-0.3, -0.25) is 0 Å². The lowest BCUT2D eigenvalue weighted by molar-refractivity contribution is 0.265. The maximum Gasteiger partial charge on any atom is 0.211 e. The van der Waals surface area contributed by atoms with Gasteiger partial charge in [-0.15, -0.1) is 0 Å². The first-order valence-corrected chi connectivity index (χ1v) is 9.13. The number of hydrogen-bond donors (Lipinski definition) is 1. The maximum absolute atomic E-state index is 11.7. The normalized spacial score (nSPS) is 20.1. The topological polar surface area (TPSA) is 91.8 Å². The molecule has 1 N–H and O–H groups in total. The molecule has 0 aromatic carbocycles. The van der Waals surface area contributed by atoms with Crippen molar-refractivity contribution in [2.75, 3.05) is 19.3 Å². The number of aromatic amines is 1. The number of imidazole rings is 1. The standard InChI is InChI=1S/C14H19N5O2S/c1-22(20,21)19-6-2-3-11(9-19)7-12-8-13(18-10-17-12)14-15-4-5-16-14/h4-5,8,10-11H,2-3,6-7,9H2,1H3,(H,15,16)/t11-/m0/s1. The Balaban J connectivity index is 1.72. The van der Waals surface area contributed by atoms with E-state index in [0.717, 1.165) is 30.7 Å². The number of H-pyrrole nitrogens is 1. The number of sulfonamides is 1. The highest BCUT2D eigenvalue weighted by molar-refractivity contribution is 7.88. The third kappa shape index (κ3) is 3.50. The molecule has 3 heterocycles. The number of rotatable bonds is 4. The van der Waals surface area contributed by atoms with Gasteiger partial charge in [0.15, 0.2) is 5.82 Å². The van der Waals surface area contributed by atoms with Gasteiger partial charge in [0.2, 0.25) is 10.0 Å². The fourth-order valence-electron chi connectivity index (χ4n) is 2.83. The van der Waals surface area contributed by atoms with E-state index in [2.05, 4.69) is 19.9 Å². The van der Waals surface area contributed by atoms with Crippen LogP contribution in [-0.2, 0) is 16.4 Å². The predicted octanol–water partition coefficient (Wildman–Crippen LogP) is 1.08. The smallest absolute Gasteiger partial charge is 0.211 e. The molecule has 0 amide bonds. The van der Waals surface area contributed by atoms with Crippen LogP contribution in [-0.4, -0.2) is 52.0 Å².